The van der Waals surface area contributed by atoms with Crippen molar-refractivity contribution in [3.8, 4) is 5.75 Å². The number of methoxy groups -OCH3 is 1. The molecule has 110 valence electrons. The normalized spacial score (nSPS) is 11.6. The largest absolute Gasteiger partial charge is 0.497 e. The van der Waals surface area contributed by atoms with Crippen LogP contribution in [-0.4, -0.2) is 13.1 Å². The second kappa shape index (κ2) is 7.13. The molecule has 0 aliphatic carbocycles. The maximum Gasteiger partial charge on any atom is 0.319 e. The first-order chi connectivity index (χ1) is 10.1. The smallest absolute Gasteiger partial charge is 0.319 e. The van der Waals surface area contributed by atoms with Crippen LogP contribution in [0.25, 0.3) is 0 Å². The minimum atomic E-state index is -0.253. The van der Waals surface area contributed by atoms with E-state index >= 15 is 0 Å². The van der Waals surface area contributed by atoms with Crippen LogP contribution in [-0.2, 0) is 0 Å². The molecule has 1 atom stereocenters. The van der Waals surface area contributed by atoms with Crippen molar-refractivity contribution < 1.29 is 9.53 Å². The number of para-hydroxylation sites is 1. The van der Waals surface area contributed by atoms with Gasteiger partial charge in [-0.1, -0.05) is 24.3 Å². The van der Waals surface area contributed by atoms with Crippen LogP contribution in [0.4, 0.5) is 10.5 Å². The highest BCUT2D eigenvalue weighted by atomic mass is 79.9. The molecule has 21 heavy (non-hydrogen) atoms. The summed E-state index contributed by atoms with van der Waals surface area (Å²) in [6.45, 7) is 1.92. The van der Waals surface area contributed by atoms with Crippen LogP contribution < -0.4 is 15.4 Å². The number of rotatable bonds is 4. The van der Waals surface area contributed by atoms with Gasteiger partial charge in [-0.05, 0) is 52.7 Å². The fraction of sp³-hybridized carbons (Fsp3) is 0.188. The molecule has 0 spiro atoms. The highest BCUT2D eigenvalue weighted by Crippen LogP contribution is 2.22. The maximum absolute atomic E-state index is 12.0. The van der Waals surface area contributed by atoms with Crippen molar-refractivity contribution >= 4 is 27.6 Å². The standard InChI is InChI=1S/C16H17BrN2O2/c1-11(12-6-5-7-13(10-12)21-2)18-16(20)19-15-9-4-3-8-14(15)17/h3-11H,1-2H3,(H2,18,19,20)/t11-/m0/s1. The third-order valence-corrected chi connectivity index (χ3v) is 3.75. The number of carbonyl (C=O) groups excluding carboxylic acids is 1. The molecule has 0 aromatic heterocycles. The number of anilines is 1. The van der Waals surface area contributed by atoms with Gasteiger partial charge in [0.2, 0.25) is 0 Å². The molecule has 0 aliphatic heterocycles. The molecule has 0 radical (unpaired) electrons. The van der Waals surface area contributed by atoms with Crippen molar-refractivity contribution in [3.05, 3.63) is 58.6 Å². The van der Waals surface area contributed by atoms with Gasteiger partial charge in [0.1, 0.15) is 5.75 Å². The number of benzene rings is 2. The lowest BCUT2D eigenvalue weighted by molar-refractivity contribution is 0.249. The van der Waals surface area contributed by atoms with Crippen LogP contribution in [0, 0.1) is 0 Å². The Kier molecular flexibility index (Phi) is 5.22. The average molecular weight is 349 g/mol. The molecular weight excluding hydrogens is 332 g/mol. The van der Waals surface area contributed by atoms with Crippen LogP contribution in [0.2, 0.25) is 0 Å². The van der Waals surface area contributed by atoms with Gasteiger partial charge in [-0.25, -0.2) is 4.79 Å². The van der Waals surface area contributed by atoms with Crippen LogP contribution >= 0.6 is 15.9 Å². The Morgan fingerprint density at radius 1 is 1.19 bits per heavy atom. The Labute approximate surface area is 132 Å². The minimum absolute atomic E-state index is 0.123. The molecule has 2 rings (SSSR count). The average Bonchev–Trinajstić information content (AvgIpc) is 2.49. The fourth-order valence-corrected chi connectivity index (χ4v) is 2.30. The molecule has 0 aliphatic rings. The summed E-state index contributed by atoms with van der Waals surface area (Å²) in [6, 6.07) is 14.7. The Bertz CT molecular complexity index is 631. The summed E-state index contributed by atoms with van der Waals surface area (Å²) in [6.07, 6.45) is 0. The molecule has 2 aromatic carbocycles. The Morgan fingerprint density at radius 3 is 2.67 bits per heavy atom. The van der Waals surface area contributed by atoms with Crippen LogP contribution in [0.3, 0.4) is 0 Å². The number of carbonyl (C=O) groups is 1. The van der Waals surface area contributed by atoms with Gasteiger partial charge in [0.15, 0.2) is 0 Å². The number of halogens is 1. The number of hydrogen-bond acceptors (Lipinski definition) is 2. The van der Waals surface area contributed by atoms with E-state index in [1.54, 1.807) is 7.11 Å². The number of ether oxygens (including phenoxy) is 1. The topological polar surface area (TPSA) is 50.4 Å². The fourth-order valence-electron chi connectivity index (χ4n) is 1.91. The molecule has 0 unspecified atom stereocenters. The lowest BCUT2D eigenvalue weighted by Gasteiger charge is -2.16. The first-order valence-corrected chi connectivity index (χ1v) is 7.35. The number of amides is 2. The quantitative estimate of drug-likeness (QED) is 0.863. The van der Waals surface area contributed by atoms with Crippen LogP contribution in [0.5, 0.6) is 5.75 Å². The van der Waals surface area contributed by atoms with Crippen molar-refractivity contribution in [1.82, 2.24) is 5.32 Å². The lowest BCUT2D eigenvalue weighted by Crippen LogP contribution is -2.31. The monoisotopic (exact) mass is 348 g/mol. The van der Waals surface area contributed by atoms with Crippen molar-refractivity contribution in [2.24, 2.45) is 0 Å². The minimum Gasteiger partial charge on any atom is -0.497 e. The van der Waals surface area contributed by atoms with E-state index in [4.69, 9.17) is 4.74 Å². The van der Waals surface area contributed by atoms with Gasteiger partial charge in [0.25, 0.3) is 0 Å². The zero-order chi connectivity index (χ0) is 15.2. The molecule has 4 nitrogen and oxygen atoms in total. The van der Waals surface area contributed by atoms with Gasteiger partial charge in [-0.2, -0.15) is 0 Å². The van der Waals surface area contributed by atoms with Gasteiger partial charge < -0.3 is 15.4 Å². The van der Waals surface area contributed by atoms with E-state index in [0.717, 1.165) is 21.5 Å². The number of nitrogens with one attached hydrogen (secondary N) is 2. The van der Waals surface area contributed by atoms with Gasteiger partial charge >= 0.3 is 6.03 Å². The lowest BCUT2D eigenvalue weighted by atomic mass is 10.1. The third kappa shape index (κ3) is 4.23. The molecule has 2 N–H and O–H groups in total. The van der Waals surface area contributed by atoms with Crippen molar-refractivity contribution in [1.29, 1.82) is 0 Å². The highest BCUT2D eigenvalue weighted by molar-refractivity contribution is 9.10. The highest BCUT2D eigenvalue weighted by Gasteiger charge is 2.11. The molecule has 0 heterocycles. The molecular formula is C16H17BrN2O2. The van der Waals surface area contributed by atoms with E-state index in [2.05, 4.69) is 26.6 Å². The van der Waals surface area contributed by atoms with E-state index < -0.39 is 0 Å². The second-order valence-electron chi connectivity index (χ2n) is 4.58. The summed E-state index contributed by atoms with van der Waals surface area (Å²) in [5.74, 6) is 0.771. The summed E-state index contributed by atoms with van der Waals surface area (Å²) in [5, 5.41) is 5.71. The third-order valence-electron chi connectivity index (χ3n) is 3.06. The zero-order valence-corrected chi connectivity index (χ0v) is 13.5. The van der Waals surface area contributed by atoms with E-state index in [1.807, 2.05) is 55.5 Å². The summed E-state index contributed by atoms with van der Waals surface area (Å²) in [7, 11) is 1.62. The predicted molar refractivity (Wildman–Crippen MR) is 87.7 cm³/mol. The molecule has 2 amide bonds. The van der Waals surface area contributed by atoms with Crippen molar-refractivity contribution in [3.63, 3.8) is 0 Å². The Balaban J connectivity index is 2.00. The molecule has 0 fully saturated rings. The van der Waals surface area contributed by atoms with E-state index in [0.29, 0.717) is 0 Å². The first-order valence-electron chi connectivity index (χ1n) is 6.56. The van der Waals surface area contributed by atoms with E-state index in [1.165, 1.54) is 0 Å². The Hall–Kier alpha value is -2.01. The number of urea groups is 1. The first kappa shape index (κ1) is 15.4. The summed E-state index contributed by atoms with van der Waals surface area (Å²) in [4.78, 5) is 12.0. The van der Waals surface area contributed by atoms with Gasteiger partial charge in [0, 0.05) is 4.47 Å². The zero-order valence-electron chi connectivity index (χ0n) is 11.9. The van der Waals surface area contributed by atoms with E-state index in [-0.39, 0.29) is 12.1 Å². The maximum atomic E-state index is 12.0. The molecule has 0 bridgehead atoms. The SMILES string of the molecule is COc1cccc([C@H](C)NC(=O)Nc2ccccc2Br)c1. The molecule has 5 heteroatoms. The van der Waals surface area contributed by atoms with Crippen LogP contribution in [0.1, 0.15) is 18.5 Å². The molecule has 0 saturated carbocycles. The Morgan fingerprint density at radius 2 is 1.95 bits per heavy atom. The summed E-state index contributed by atoms with van der Waals surface area (Å²) < 4.78 is 6.03. The molecule has 0 saturated heterocycles. The second-order valence-corrected chi connectivity index (χ2v) is 5.43. The molecule has 2 aromatic rings. The predicted octanol–water partition coefficient (Wildman–Crippen LogP) is 4.34. The van der Waals surface area contributed by atoms with Crippen molar-refractivity contribution in [2.75, 3.05) is 12.4 Å². The summed E-state index contributed by atoms with van der Waals surface area (Å²) in [5.41, 5.74) is 1.71. The van der Waals surface area contributed by atoms with Gasteiger partial charge in [-0.15, -0.1) is 0 Å². The van der Waals surface area contributed by atoms with Gasteiger partial charge in [0.05, 0.1) is 18.8 Å². The van der Waals surface area contributed by atoms with Crippen molar-refractivity contribution in [2.45, 2.75) is 13.0 Å². The number of hydrogen-bond donors (Lipinski definition) is 2. The van der Waals surface area contributed by atoms with Gasteiger partial charge in [-0.3, -0.25) is 0 Å². The summed E-state index contributed by atoms with van der Waals surface area (Å²) >= 11 is 3.40. The van der Waals surface area contributed by atoms with E-state index in [9.17, 15) is 4.79 Å². The van der Waals surface area contributed by atoms with Crippen LogP contribution in [0.15, 0.2) is 53.0 Å².